The SMILES string of the molecule is CC(C)Cc1cc(-c2[c-]cccc2)nc[c]1[Ge]([CH3])([CH3])[CH3].Cc1cc2oc3c(-c4nc5cnccc5n4-c4c(C(C)C)cc5ccccc5c4C(C)C)[c-]cc(C)c3c2cn1.[Ir]. The maximum Gasteiger partial charge on any atom is 0.124 e. The molecule has 0 amide bonds. The van der Waals surface area contributed by atoms with E-state index in [2.05, 4.69) is 147 Å². The molecule has 0 aliphatic rings. The monoisotopic (exact) mass is 1040 g/mol. The first-order valence-electron chi connectivity index (χ1n) is 21.3. The van der Waals surface area contributed by atoms with Gasteiger partial charge >= 0.3 is 126 Å². The van der Waals surface area contributed by atoms with E-state index in [1.54, 1.807) is 4.40 Å². The minimum absolute atomic E-state index is 0. The Bertz CT molecular complexity index is 3010. The second-order valence-corrected chi connectivity index (χ2v) is 28.8. The second kappa shape index (κ2) is 17.8. The number of furan rings is 1. The van der Waals surface area contributed by atoms with Gasteiger partial charge in [0.05, 0.1) is 28.6 Å². The van der Waals surface area contributed by atoms with E-state index >= 15 is 0 Å². The van der Waals surface area contributed by atoms with E-state index in [1.165, 1.54) is 33.2 Å². The Hall–Kier alpha value is -4.95. The van der Waals surface area contributed by atoms with Crippen molar-refractivity contribution in [3.8, 4) is 28.3 Å². The molecule has 0 saturated heterocycles. The van der Waals surface area contributed by atoms with Crippen LogP contribution in [0.1, 0.15) is 81.3 Å². The van der Waals surface area contributed by atoms with Crippen molar-refractivity contribution in [2.75, 3.05) is 0 Å². The first kappa shape index (κ1) is 44.1. The number of aryl methyl sites for hydroxylation is 2. The quantitative estimate of drug-likeness (QED) is 0.112. The first-order valence-corrected chi connectivity index (χ1v) is 28.6. The van der Waals surface area contributed by atoms with Gasteiger partial charge in [0.1, 0.15) is 5.58 Å². The molecule has 9 aromatic rings. The fourth-order valence-corrected chi connectivity index (χ4v) is 11.9. The number of pyridine rings is 3. The van der Waals surface area contributed by atoms with E-state index < -0.39 is 13.3 Å². The van der Waals surface area contributed by atoms with Crippen molar-refractivity contribution in [3.05, 3.63) is 144 Å². The molecule has 5 heterocycles. The van der Waals surface area contributed by atoms with Gasteiger partial charge in [-0.25, -0.2) is 0 Å². The average Bonchev–Trinajstić information content (AvgIpc) is 3.79. The summed E-state index contributed by atoms with van der Waals surface area (Å²) in [7, 11) is 0. The molecule has 4 aromatic carbocycles. The molecule has 0 bridgehead atoms. The average molecular weight is 1040 g/mol. The number of benzene rings is 4. The second-order valence-electron chi connectivity index (χ2n) is 18.2. The number of hydrogen-bond acceptors (Lipinski definition) is 5. The molecule has 0 aliphatic heterocycles. The van der Waals surface area contributed by atoms with Gasteiger partial charge in [0.2, 0.25) is 0 Å². The number of imidazole rings is 1. The van der Waals surface area contributed by atoms with Gasteiger partial charge in [0, 0.05) is 55.3 Å². The molecule has 0 aliphatic carbocycles. The number of fused-ring (bicyclic) bond motifs is 5. The van der Waals surface area contributed by atoms with Gasteiger partial charge < -0.3 is 8.98 Å². The minimum atomic E-state index is -1.86. The normalized spacial score (nSPS) is 11.9. The molecule has 8 heteroatoms. The third-order valence-electron chi connectivity index (χ3n) is 11.4. The van der Waals surface area contributed by atoms with E-state index in [9.17, 15) is 0 Å². The van der Waals surface area contributed by atoms with E-state index in [0.29, 0.717) is 11.8 Å². The van der Waals surface area contributed by atoms with Crippen molar-refractivity contribution < 1.29 is 24.5 Å². The topological polar surface area (TPSA) is 69.6 Å². The van der Waals surface area contributed by atoms with Crippen LogP contribution in [0.5, 0.6) is 0 Å². The minimum Gasteiger partial charge on any atom is -0.500 e. The Morgan fingerprint density at radius 2 is 1.57 bits per heavy atom. The van der Waals surface area contributed by atoms with Crippen LogP contribution >= 0.6 is 0 Å². The zero-order chi connectivity index (χ0) is 42.5. The van der Waals surface area contributed by atoms with Gasteiger partial charge in [-0.15, -0.1) is 17.7 Å². The van der Waals surface area contributed by atoms with Crippen molar-refractivity contribution in [1.29, 1.82) is 0 Å². The van der Waals surface area contributed by atoms with Crippen LogP contribution in [0.2, 0.25) is 17.3 Å². The molecule has 0 N–H and O–H groups in total. The standard InChI is InChI=1S/C35H31N4O.C18H24GeN.Ir/c1-19(2)26-16-23-9-7-8-10-24(23)31(20(3)4)33(26)39-29-13-14-36-18-28(29)38-35(39)25-12-11-21(5)32-27-17-37-22(6)15-30(27)40-34(25)32;1-14(2)11-16-12-18(15-9-7-6-8-10-15)20-13-17(16)19(3,4)5;/h7-11,13-20H,1-6H3;6-9,12-14H,11H2,1-5H3;/q2*-1;. The van der Waals surface area contributed by atoms with E-state index in [-0.39, 0.29) is 26.0 Å². The van der Waals surface area contributed by atoms with Gasteiger partial charge in [0.25, 0.3) is 0 Å². The molecule has 1 radical (unpaired) electrons. The number of nitrogens with zero attached hydrogens (tertiary/aromatic N) is 5. The number of hydrogen-bond donors (Lipinski definition) is 0. The molecule has 0 atom stereocenters. The van der Waals surface area contributed by atoms with Crippen LogP contribution in [0, 0.1) is 31.9 Å². The van der Waals surface area contributed by atoms with E-state index in [4.69, 9.17) is 14.4 Å². The number of aromatic nitrogens is 5. The number of rotatable bonds is 8. The fraction of sp³-hybridized carbons (Fsp3) is 0.283. The largest absolute Gasteiger partial charge is 0.500 e. The van der Waals surface area contributed by atoms with Gasteiger partial charge in [0.15, 0.2) is 0 Å². The molecular weight excluding hydrogens is 987 g/mol. The van der Waals surface area contributed by atoms with Crippen LogP contribution in [0.15, 0.2) is 108 Å². The summed E-state index contributed by atoms with van der Waals surface area (Å²) in [5, 5.41) is 4.59. The zero-order valence-corrected chi connectivity index (χ0v) is 41.7. The van der Waals surface area contributed by atoms with E-state index in [1.807, 2.05) is 55.8 Å². The molecule has 0 fully saturated rings. The summed E-state index contributed by atoms with van der Waals surface area (Å²) in [5.74, 6) is 9.38. The summed E-state index contributed by atoms with van der Waals surface area (Å²) >= 11 is -1.86. The van der Waals surface area contributed by atoms with Gasteiger partial charge in [-0.2, -0.15) is 0 Å². The Labute approximate surface area is 377 Å². The molecule has 5 aromatic heterocycles. The Morgan fingerprint density at radius 1 is 0.803 bits per heavy atom. The summed E-state index contributed by atoms with van der Waals surface area (Å²) in [5.41, 5.74) is 13.7. The van der Waals surface area contributed by atoms with Crippen molar-refractivity contribution in [3.63, 3.8) is 0 Å². The van der Waals surface area contributed by atoms with E-state index in [0.717, 1.165) is 73.3 Å². The van der Waals surface area contributed by atoms with Crippen molar-refractivity contribution in [2.45, 2.75) is 90.9 Å². The predicted molar refractivity (Wildman–Crippen MR) is 253 cm³/mol. The van der Waals surface area contributed by atoms with Gasteiger partial charge in [-0.1, -0.05) is 69.8 Å². The van der Waals surface area contributed by atoms with Crippen LogP contribution in [0.4, 0.5) is 0 Å². The predicted octanol–water partition coefficient (Wildman–Crippen LogP) is 13.5. The molecule has 0 spiro atoms. The molecule has 6 nitrogen and oxygen atoms in total. The molecule has 9 rings (SSSR count). The van der Waals surface area contributed by atoms with Crippen LogP contribution in [0.25, 0.3) is 72.1 Å². The smallest absolute Gasteiger partial charge is 0.124 e. The summed E-state index contributed by atoms with van der Waals surface area (Å²) < 4.78 is 10.4. The maximum absolute atomic E-state index is 6.57. The first-order chi connectivity index (χ1) is 28.7. The summed E-state index contributed by atoms with van der Waals surface area (Å²) in [6.45, 7) is 17.7. The molecule has 313 valence electrons. The fourth-order valence-electron chi connectivity index (χ4n) is 8.61. The summed E-state index contributed by atoms with van der Waals surface area (Å²) in [4.78, 5) is 18.9. The molecular formula is C53H55GeIrN5O-2. The maximum atomic E-state index is 6.57. The summed E-state index contributed by atoms with van der Waals surface area (Å²) in [6.07, 6.45) is 8.88. The zero-order valence-electron chi connectivity index (χ0n) is 37.2. The molecule has 61 heavy (non-hydrogen) atoms. The third-order valence-corrected chi connectivity index (χ3v) is 15.7. The third kappa shape index (κ3) is 8.62. The summed E-state index contributed by atoms with van der Waals surface area (Å²) in [6, 6.07) is 34.4. The Kier molecular flexibility index (Phi) is 12.9. The van der Waals surface area contributed by atoms with Crippen LogP contribution < -0.4 is 4.40 Å². The Balaban J connectivity index is 0.000000226. The van der Waals surface area contributed by atoms with Crippen LogP contribution in [-0.2, 0) is 26.5 Å². The molecule has 0 unspecified atom stereocenters. The van der Waals surface area contributed by atoms with Crippen molar-refractivity contribution in [2.24, 2.45) is 5.92 Å². The Morgan fingerprint density at radius 3 is 2.28 bits per heavy atom. The van der Waals surface area contributed by atoms with Crippen LogP contribution in [-0.4, -0.2) is 37.8 Å². The molecule has 0 saturated carbocycles. The van der Waals surface area contributed by atoms with Gasteiger partial charge in [-0.3, -0.25) is 15.0 Å². The van der Waals surface area contributed by atoms with Crippen LogP contribution in [0.3, 0.4) is 0 Å². The van der Waals surface area contributed by atoms with Crippen molar-refractivity contribution >= 4 is 61.4 Å². The van der Waals surface area contributed by atoms with Gasteiger partial charge in [-0.05, 0) is 52.8 Å². The van der Waals surface area contributed by atoms with Crippen molar-refractivity contribution in [1.82, 2.24) is 24.5 Å².